The Morgan fingerprint density at radius 3 is 2.67 bits per heavy atom. The van der Waals surface area contributed by atoms with E-state index in [9.17, 15) is 0 Å². The first-order valence-electron chi connectivity index (χ1n) is 1.87. The van der Waals surface area contributed by atoms with Gasteiger partial charge < -0.3 is 4.18 Å². The first kappa shape index (κ1) is 6.27. The second-order valence-electron chi connectivity index (χ2n) is 0.694. The van der Waals surface area contributed by atoms with Crippen LogP contribution in [-0.4, -0.2) is 13.7 Å². The molecular weight excluding hydrogens is 98.1 g/mol. The third-order valence-electron chi connectivity index (χ3n) is 0.260. The van der Waals surface area contributed by atoms with Gasteiger partial charge in [-0.05, 0) is 14.0 Å². The van der Waals surface area contributed by atoms with Crippen LogP contribution in [0.5, 0.6) is 0 Å². The fourth-order valence-electron chi connectivity index (χ4n) is 0.118. The average Bonchev–Trinajstić information content (AvgIpc) is 1.61. The Kier molecular flexibility index (Phi) is 5.51. The third kappa shape index (κ3) is 4.27. The highest BCUT2D eigenvalue weighted by Gasteiger charge is 1.72. The number of rotatable bonds is 3. The molecule has 0 rings (SSSR count). The van der Waals surface area contributed by atoms with Crippen molar-refractivity contribution in [1.82, 2.24) is 4.72 Å². The van der Waals surface area contributed by atoms with Crippen molar-refractivity contribution >= 4 is 12.2 Å². The van der Waals surface area contributed by atoms with E-state index in [1.165, 1.54) is 12.2 Å². The average molecular weight is 107 g/mol. The zero-order valence-electron chi connectivity index (χ0n) is 4.02. The van der Waals surface area contributed by atoms with E-state index in [2.05, 4.69) is 4.72 Å². The summed E-state index contributed by atoms with van der Waals surface area (Å²) >= 11 is 1.26. The molecule has 1 N–H and O–H groups in total. The van der Waals surface area contributed by atoms with Gasteiger partial charge in [-0.25, -0.2) is 4.72 Å². The van der Waals surface area contributed by atoms with Crippen molar-refractivity contribution in [2.24, 2.45) is 0 Å². The van der Waals surface area contributed by atoms with Crippen molar-refractivity contribution < 1.29 is 4.18 Å². The lowest BCUT2D eigenvalue weighted by Gasteiger charge is -1.91. The van der Waals surface area contributed by atoms with Gasteiger partial charge in [-0.1, -0.05) is 0 Å². The Hall–Kier alpha value is 0.270. The molecule has 0 bridgehead atoms. The largest absolute Gasteiger partial charge is 0.302 e. The van der Waals surface area contributed by atoms with E-state index in [4.69, 9.17) is 4.18 Å². The van der Waals surface area contributed by atoms with Gasteiger partial charge in [-0.3, -0.25) is 0 Å². The SMILES string of the molecule is CCOSNC. The zero-order chi connectivity index (χ0) is 4.83. The molecule has 0 radical (unpaired) electrons. The lowest BCUT2D eigenvalue weighted by molar-refractivity contribution is 0.399. The smallest absolute Gasteiger partial charge is 0.0786 e. The summed E-state index contributed by atoms with van der Waals surface area (Å²) in [6.45, 7) is 2.70. The Morgan fingerprint density at radius 1 is 1.83 bits per heavy atom. The fourth-order valence-corrected chi connectivity index (χ4v) is 0.354. The van der Waals surface area contributed by atoms with Crippen LogP contribution in [0.3, 0.4) is 0 Å². The van der Waals surface area contributed by atoms with Crippen LogP contribution in [0.25, 0.3) is 0 Å². The summed E-state index contributed by atoms with van der Waals surface area (Å²) in [6.07, 6.45) is 0. The molecule has 0 aliphatic heterocycles. The first-order chi connectivity index (χ1) is 2.91. The normalized spacial score (nSPS) is 9.00. The minimum absolute atomic E-state index is 0.755. The van der Waals surface area contributed by atoms with Crippen molar-refractivity contribution in [3.8, 4) is 0 Å². The molecule has 0 saturated carbocycles. The van der Waals surface area contributed by atoms with E-state index < -0.39 is 0 Å². The maximum absolute atomic E-state index is 4.79. The van der Waals surface area contributed by atoms with Crippen LogP contribution in [0.4, 0.5) is 0 Å². The molecule has 38 valence electrons. The minimum atomic E-state index is 0.755. The Bertz CT molecular complexity index is 22.8. The number of hydrogen-bond acceptors (Lipinski definition) is 3. The van der Waals surface area contributed by atoms with Gasteiger partial charge in [0.25, 0.3) is 0 Å². The highest BCUT2D eigenvalue weighted by molar-refractivity contribution is 7.92. The molecule has 2 nitrogen and oxygen atoms in total. The summed E-state index contributed by atoms with van der Waals surface area (Å²) in [4.78, 5) is 0. The van der Waals surface area contributed by atoms with E-state index in [-0.39, 0.29) is 0 Å². The quantitative estimate of drug-likeness (QED) is 0.327. The van der Waals surface area contributed by atoms with Crippen molar-refractivity contribution in [2.75, 3.05) is 13.7 Å². The summed E-state index contributed by atoms with van der Waals surface area (Å²) in [7, 11) is 1.82. The predicted molar refractivity (Wildman–Crippen MR) is 28.3 cm³/mol. The van der Waals surface area contributed by atoms with Crippen LogP contribution in [0.2, 0.25) is 0 Å². The van der Waals surface area contributed by atoms with Crippen molar-refractivity contribution in [3.63, 3.8) is 0 Å². The fraction of sp³-hybridized carbons (Fsp3) is 1.00. The minimum Gasteiger partial charge on any atom is -0.302 e. The van der Waals surface area contributed by atoms with Gasteiger partial charge in [-0.15, -0.1) is 0 Å². The molecule has 0 fully saturated rings. The lowest BCUT2D eigenvalue weighted by Crippen LogP contribution is -1.92. The summed E-state index contributed by atoms with van der Waals surface area (Å²) in [5.41, 5.74) is 0. The highest BCUT2D eigenvalue weighted by atomic mass is 32.2. The van der Waals surface area contributed by atoms with Crippen LogP contribution < -0.4 is 4.72 Å². The Labute approximate surface area is 42.6 Å². The highest BCUT2D eigenvalue weighted by Crippen LogP contribution is 1.89. The molecule has 0 saturated heterocycles. The monoisotopic (exact) mass is 107 g/mol. The molecule has 0 amide bonds. The van der Waals surface area contributed by atoms with Gasteiger partial charge in [0.2, 0.25) is 0 Å². The second-order valence-corrected chi connectivity index (χ2v) is 1.50. The van der Waals surface area contributed by atoms with Crippen molar-refractivity contribution in [3.05, 3.63) is 0 Å². The molecular formula is C3H9NOS. The van der Waals surface area contributed by atoms with Gasteiger partial charge in [0.15, 0.2) is 0 Å². The molecule has 0 aromatic heterocycles. The van der Waals surface area contributed by atoms with Gasteiger partial charge in [0.05, 0.1) is 18.8 Å². The zero-order valence-corrected chi connectivity index (χ0v) is 4.84. The summed E-state index contributed by atoms with van der Waals surface area (Å²) in [6, 6.07) is 0. The molecule has 6 heavy (non-hydrogen) atoms. The van der Waals surface area contributed by atoms with E-state index in [0.29, 0.717) is 0 Å². The Balaban J connectivity index is 2.34. The summed E-state index contributed by atoms with van der Waals surface area (Å²) in [5.74, 6) is 0. The summed E-state index contributed by atoms with van der Waals surface area (Å²) < 4.78 is 7.55. The van der Waals surface area contributed by atoms with Gasteiger partial charge in [0, 0.05) is 0 Å². The van der Waals surface area contributed by atoms with Crippen LogP contribution in [0, 0.1) is 0 Å². The topological polar surface area (TPSA) is 21.3 Å². The number of nitrogens with one attached hydrogen (secondary N) is 1. The first-order valence-corrected chi connectivity index (χ1v) is 2.61. The predicted octanol–water partition coefficient (Wildman–Crippen LogP) is 0.805. The standard InChI is InChI=1S/C3H9NOS/c1-3-5-6-4-2/h4H,3H2,1-2H3. The van der Waals surface area contributed by atoms with E-state index in [1.807, 2.05) is 14.0 Å². The second kappa shape index (κ2) is 5.27. The van der Waals surface area contributed by atoms with Crippen LogP contribution in [0.1, 0.15) is 6.92 Å². The van der Waals surface area contributed by atoms with Crippen molar-refractivity contribution in [1.29, 1.82) is 0 Å². The van der Waals surface area contributed by atoms with Crippen LogP contribution >= 0.6 is 12.2 Å². The van der Waals surface area contributed by atoms with Crippen LogP contribution in [0.15, 0.2) is 0 Å². The van der Waals surface area contributed by atoms with E-state index >= 15 is 0 Å². The maximum Gasteiger partial charge on any atom is 0.0786 e. The third-order valence-corrected chi connectivity index (χ3v) is 0.780. The van der Waals surface area contributed by atoms with Gasteiger partial charge in [0.1, 0.15) is 0 Å². The van der Waals surface area contributed by atoms with Crippen LogP contribution in [-0.2, 0) is 4.18 Å². The van der Waals surface area contributed by atoms with E-state index in [0.717, 1.165) is 6.61 Å². The Morgan fingerprint density at radius 2 is 2.50 bits per heavy atom. The van der Waals surface area contributed by atoms with Gasteiger partial charge >= 0.3 is 0 Å². The molecule has 0 atom stereocenters. The molecule has 0 aliphatic carbocycles. The molecule has 0 heterocycles. The summed E-state index contributed by atoms with van der Waals surface area (Å²) in [5, 5.41) is 0. The molecule has 0 unspecified atom stereocenters. The van der Waals surface area contributed by atoms with Crippen molar-refractivity contribution in [2.45, 2.75) is 6.92 Å². The molecule has 3 heteroatoms. The number of hydrogen-bond donors (Lipinski definition) is 1. The molecule has 0 aromatic carbocycles. The molecule has 0 aromatic rings. The van der Waals surface area contributed by atoms with E-state index in [1.54, 1.807) is 0 Å². The molecule has 0 aliphatic rings. The lowest BCUT2D eigenvalue weighted by atomic mass is 10.9. The van der Waals surface area contributed by atoms with Gasteiger partial charge in [-0.2, -0.15) is 0 Å². The molecule has 0 spiro atoms. The maximum atomic E-state index is 4.79.